The Hall–Kier alpha value is -2.12. The van der Waals surface area contributed by atoms with Crippen LogP contribution in [0.5, 0.6) is 11.8 Å². The lowest BCUT2D eigenvalue weighted by Gasteiger charge is -2.16. The summed E-state index contributed by atoms with van der Waals surface area (Å²) in [4.78, 5) is 14.7. The standard InChI is InChI=1S/C13H15ClN6O/c14-9-5-1-2-6-10(9)21-13-17-11(19-15)16-12(18-13)20-7-3-4-8-20/h1-2,5-6H,3-4,7-8,15H2,(H,16,17,18,19). The number of hydrogen-bond acceptors (Lipinski definition) is 7. The van der Waals surface area contributed by atoms with Crippen LogP contribution in [0.25, 0.3) is 0 Å². The first-order valence-electron chi connectivity index (χ1n) is 6.66. The van der Waals surface area contributed by atoms with Gasteiger partial charge in [-0.3, -0.25) is 5.43 Å². The predicted molar refractivity (Wildman–Crippen MR) is 80.6 cm³/mol. The number of nitrogens with one attached hydrogen (secondary N) is 1. The molecular formula is C13H15ClN6O. The topological polar surface area (TPSA) is 89.2 Å². The molecule has 0 amide bonds. The first-order chi connectivity index (χ1) is 10.3. The Morgan fingerprint density at radius 3 is 2.62 bits per heavy atom. The fourth-order valence-electron chi connectivity index (χ4n) is 2.14. The molecule has 3 rings (SSSR count). The van der Waals surface area contributed by atoms with Crippen molar-refractivity contribution in [3.05, 3.63) is 29.3 Å². The van der Waals surface area contributed by atoms with Crippen molar-refractivity contribution in [1.82, 2.24) is 15.0 Å². The van der Waals surface area contributed by atoms with Gasteiger partial charge in [0.15, 0.2) is 0 Å². The third-order valence-electron chi connectivity index (χ3n) is 3.16. The monoisotopic (exact) mass is 306 g/mol. The van der Waals surface area contributed by atoms with Crippen molar-refractivity contribution in [2.75, 3.05) is 23.4 Å². The smallest absolute Gasteiger partial charge is 0.328 e. The lowest BCUT2D eigenvalue weighted by Crippen LogP contribution is -2.22. The van der Waals surface area contributed by atoms with Crippen LogP contribution in [0.2, 0.25) is 5.02 Å². The zero-order valence-corrected chi connectivity index (χ0v) is 12.0. The minimum atomic E-state index is 0.160. The molecule has 1 aromatic heterocycles. The van der Waals surface area contributed by atoms with Gasteiger partial charge >= 0.3 is 6.01 Å². The van der Waals surface area contributed by atoms with Gasteiger partial charge in [-0.25, -0.2) is 5.84 Å². The first kappa shape index (κ1) is 13.8. The summed E-state index contributed by atoms with van der Waals surface area (Å²) in [5, 5.41) is 0.489. The fourth-order valence-corrected chi connectivity index (χ4v) is 2.31. The van der Waals surface area contributed by atoms with E-state index in [1.54, 1.807) is 12.1 Å². The molecule has 0 atom stereocenters. The van der Waals surface area contributed by atoms with Crippen molar-refractivity contribution in [3.8, 4) is 11.8 Å². The van der Waals surface area contributed by atoms with E-state index in [0.29, 0.717) is 16.7 Å². The van der Waals surface area contributed by atoms with E-state index in [1.165, 1.54) is 0 Å². The van der Waals surface area contributed by atoms with Crippen LogP contribution in [-0.4, -0.2) is 28.0 Å². The number of ether oxygens (including phenoxy) is 1. The maximum absolute atomic E-state index is 6.07. The van der Waals surface area contributed by atoms with Gasteiger partial charge in [0.25, 0.3) is 0 Å². The Morgan fingerprint density at radius 2 is 1.90 bits per heavy atom. The van der Waals surface area contributed by atoms with Gasteiger partial charge in [0.2, 0.25) is 11.9 Å². The number of aromatic nitrogens is 3. The van der Waals surface area contributed by atoms with E-state index in [-0.39, 0.29) is 12.0 Å². The molecule has 2 heterocycles. The van der Waals surface area contributed by atoms with Gasteiger partial charge in [-0.05, 0) is 25.0 Å². The maximum Gasteiger partial charge on any atom is 0.328 e. The van der Waals surface area contributed by atoms with Crippen molar-refractivity contribution >= 4 is 23.5 Å². The molecule has 7 nitrogen and oxygen atoms in total. The van der Waals surface area contributed by atoms with Gasteiger partial charge < -0.3 is 9.64 Å². The van der Waals surface area contributed by atoms with Gasteiger partial charge in [-0.1, -0.05) is 23.7 Å². The van der Waals surface area contributed by atoms with Gasteiger partial charge in [0.1, 0.15) is 5.75 Å². The first-order valence-corrected chi connectivity index (χ1v) is 7.04. The number of anilines is 2. The Kier molecular flexibility index (Phi) is 4.03. The highest BCUT2D eigenvalue weighted by molar-refractivity contribution is 6.32. The Bertz CT molecular complexity index is 632. The Morgan fingerprint density at radius 1 is 1.14 bits per heavy atom. The van der Waals surface area contributed by atoms with E-state index in [0.717, 1.165) is 25.9 Å². The highest BCUT2D eigenvalue weighted by Gasteiger charge is 2.18. The number of hydrogen-bond donors (Lipinski definition) is 2. The highest BCUT2D eigenvalue weighted by Crippen LogP contribution is 2.28. The summed E-state index contributed by atoms with van der Waals surface area (Å²) in [6, 6.07) is 7.29. The van der Waals surface area contributed by atoms with Crippen molar-refractivity contribution < 1.29 is 4.74 Å². The molecular weight excluding hydrogens is 292 g/mol. The highest BCUT2D eigenvalue weighted by atomic mass is 35.5. The van der Waals surface area contributed by atoms with Gasteiger partial charge in [0.05, 0.1) is 5.02 Å². The summed E-state index contributed by atoms with van der Waals surface area (Å²) < 4.78 is 5.64. The average molecular weight is 307 g/mol. The number of nitrogens with zero attached hydrogens (tertiary/aromatic N) is 4. The molecule has 0 spiro atoms. The number of rotatable bonds is 4. The normalized spacial score (nSPS) is 14.3. The summed E-state index contributed by atoms with van der Waals surface area (Å²) in [6.45, 7) is 1.83. The molecule has 0 saturated carbocycles. The van der Waals surface area contributed by atoms with Crippen molar-refractivity contribution in [2.24, 2.45) is 5.84 Å². The second-order valence-corrected chi connectivity index (χ2v) is 5.02. The molecule has 21 heavy (non-hydrogen) atoms. The lowest BCUT2D eigenvalue weighted by molar-refractivity contribution is 0.440. The van der Waals surface area contributed by atoms with Crippen LogP contribution in [-0.2, 0) is 0 Å². The quantitative estimate of drug-likeness (QED) is 0.661. The molecule has 0 bridgehead atoms. The van der Waals surface area contributed by atoms with Crippen molar-refractivity contribution in [1.29, 1.82) is 0 Å². The number of benzene rings is 1. The maximum atomic E-state index is 6.07. The van der Waals surface area contributed by atoms with Crippen molar-refractivity contribution in [3.63, 3.8) is 0 Å². The number of hydrazine groups is 1. The van der Waals surface area contributed by atoms with E-state index < -0.39 is 0 Å². The summed E-state index contributed by atoms with van der Waals surface area (Å²) in [5.74, 6) is 6.70. The molecule has 1 aliphatic rings. The van der Waals surface area contributed by atoms with Crippen LogP contribution < -0.4 is 20.9 Å². The van der Waals surface area contributed by atoms with E-state index in [1.807, 2.05) is 12.1 Å². The third kappa shape index (κ3) is 3.14. The number of halogens is 1. The second-order valence-electron chi connectivity index (χ2n) is 4.61. The van der Waals surface area contributed by atoms with Crippen LogP contribution >= 0.6 is 11.6 Å². The van der Waals surface area contributed by atoms with E-state index in [9.17, 15) is 0 Å². The van der Waals surface area contributed by atoms with Crippen LogP contribution in [0.1, 0.15) is 12.8 Å². The predicted octanol–water partition coefficient (Wildman–Crippen LogP) is 2.20. The van der Waals surface area contributed by atoms with Crippen LogP contribution in [0.3, 0.4) is 0 Å². The molecule has 110 valence electrons. The van der Waals surface area contributed by atoms with E-state index >= 15 is 0 Å². The van der Waals surface area contributed by atoms with Crippen LogP contribution in [0.15, 0.2) is 24.3 Å². The molecule has 8 heteroatoms. The second kappa shape index (κ2) is 6.11. The Labute approximate surface area is 127 Å². The van der Waals surface area contributed by atoms with Gasteiger partial charge in [-0.15, -0.1) is 0 Å². The average Bonchev–Trinajstić information content (AvgIpc) is 3.04. The van der Waals surface area contributed by atoms with Gasteiger partial charge in [-0.2, -0.15) is 15.0 Å². The lowest BCUT2D eigenvalue weighted by atomic mass is 10.3. The van der Waals surface area contributed by atoms with Gasteiger partial charge in [0, 0.05) is 13.1 Å². The largest absolute Gasteiger partial charge is 0.423 e. The summed E-state index contributed by atoms with van der Waals surface area (Å²) in [7, 11) is 0. The molecule has 3 N–H and O–H groups in total. The molecule has 0 unspecified atom stereocenters. The zero-order chi connectivity index (χ0) is 14.7. The van der Waals surface area contributed by atoms with Crippen LogP contribution in [0, 0.1) is 0 Å². The summed E-state index contributed by atoms with van der Waals surface area (Å²) >= 11 is 6.07. The number of nitrogens with two attached hydrogens (primary N) is 1. The summed E-state index contributed by atoms with van der Waals surface area (Å²) in [5.41, 5.74) is 2.43. The van der Waals surface area contributed by atoms with E-state index in [2.05, 4.69) is 25.3 Å². The summed E-state index contributed by atoms with van der Waals surface area (Å²) in [6.07, 6.45) is 2.25. The number of para-hydroxylation sites is 1. The molecule has 0 aliphatic carbocycles. The molecule has 0 radical (unpaired) electrons. The molecule has 1 fully saturated rings. The fraction of sp³-hybridized carbons (Fsp3) is 0.308. The SMILES string of the molecule is NNc1nc(Oc2ccccc2Cl)nc(N2CCCC2)n1. The minimum Gasteiger partial charge on any atom is -0.423 e. The minimum absolute atomic E-state index is 0.160. The molecule has 1 aromatic carbocycles. The number of nitrogen functional groups attached to an aromatic ring is 1. The third-order valence-corrected chi connectivity index (χ3v) is 3.47. The Balaban J connectivity index is 1.90. The molecule has 2 aromatic rings. The molecule has 1 aliphatic heterocycles. The van der Waals surface area contributed by atoms with E-state index in [4.69, 9.17) is 22.2 Å². The molecule has 1 saturated heterocycles. The zero-order valence-electron chi connectivity index (χ0n) is 11.3. The van der Waals surface area contributed by atoms with Crippen molar-refractivity contribution in [2.45, 2.75) is 12.8 Å². The van der Waals surface area contributed by atoms with Crippen LogP contribution in [0.4, 0.5) is 11.9 Å².